The van der Waals surface area contributed by atoms with Crippen LogP contribution in [0.1, 0.15) is 64.7 Å². The number of aliphatic hydroxyl groups is 2. The summed E-state index contributed by atoms with van der Waals surface area (Å²) in [7, 11) is 0. The third-order valence-electron chi connectivity index (χ3n) is 3.18. The standard InChI is InChI=1S/C19H32O4/c1-2-3-4-5-6-7-8-9-10-11-12-13-14-15-18(21)23-19(22)16-17-20/h3-4,6-7,9-10,19-20,22H,2,5,8,11-17H2,1H3/b4-3-,7-6-,10-9-. The zero-order chi connectivity index (χ0) is 17.2. The number of aliphatic hydroxyl groups excluding tert-OH is 2. The van der Waals surface area contributed by atoms with Gasteiger partial charge < -0.3 is 14.9 Å². The SMILES string of the molecule is CC/C=C\C/C=C\C/C=C\CCCCCC(=O)OC(O)CCO. The van der Waals surface area contributed by atoms with Gasteiger partial charge in [0.05, 0.1) is 0 Å². The van der Waals surface area contributed by atoms with E-state index in [1.165, 1.54) is 0 Å². The molecule has 0 rings (SSSR count). The van der Waals surface area contributed by atoms with Crippen LogP contribution in [0.3, 0.4) is 0 Å². The number of carbonyl (C=O) groups excluding carboxylic acids is 1. The number of hydrogen-bond acceptors (Lipinski definition) is 4. The lowest BCUT2D eigenvalue weighted by Crippen LogP contribution is -2.18. The lowest BCUT2D eigenvalue weighted by molar-refractivity contribution is -0.169. The second-order valence-electron chi connectivity index (χ2n) is 5.35. The first-order chi connectivity index (χ1) is 11.2. The van der Waals surface area contributed by atoms with Crippen molar-refractivity contribution in [3.8, 4) is 0 Å². The minimum absolute atomic E-state index is 0.0693. The number of ether oxygens (including phenoxy) is 1. The molecule has 2 N–H and O–H groups in total. The summed E-state index contributed by atoms with van der Waals surface area (Å²) >= 11 is 0. The summed E-state index contributed by atoms with van der Waals surface area (Å²) in [5.41, 5.74) is 0. The Morgan fingerprint density at radius 2 is 1.65 bits per heavy atom. The summed E-state index contributed by atoms with van der Waals surface area (Å²) in [6.45, 7) is 1.94. The summed E-state index contributed by atoms with van der Waals surface area (Å²) in [4.78, 5) is 11.3. The molecule has 23 heavy (non-hydrogen) atoms. The van der Waals surface area contributed by atoms with Gasteiger partial charge in [-0.1, -0.05) is 49.8 Å². The molecule has 0 spiro atoms. The largest absolute Gasteiger partial charge is 0.436 e. The van der Waals surface area contributed by atoms with Gasteiger partial charge in [0.1, 0.15) is 0 Å². The number of hydrogen-bond donors (Lipinski definition) is 2. The van der Waals surface area contributed by atoms with E-state index in [1.54, 1.807) is 0 Å². The van der Waals surface area contributed by atoms with Gasteiger partial charge in [-0.25, -0.2) is 0 Å². The fraction of sp³-hybridized carbons (Fsp3) is 0.632. The van der Waals surface area contributed by atoms with Crippen molar-refractivity contribution >= 4 is 5.97 Å². The average molecular weight is 324 g/mol. The van der Waals surface area contributed by atoms with E-state index in [0.717, 1.165) is 44.9 Å². The normalized spacial score (nSPS) is 13.3. The van der Waals surface area contributed by atoms with Gasteiger partial charge in [-0.05, 0) is 38.5 Å². The minimum atomic E-state index is -1.18. The maximum atomic E-state index is 11.3. The maximum Gasteiger partial charge on any atom is 0.308 e. The molecule has 0 aromatic rings. The minimum Gasteiger partial charge on any atom is -0.436 e. The molecule has 0 aliphatic carbocycles. The molecule has 0 aliphatic rings. The van der Waals surface area contributed by atoms with Crippen LogP contribution in [0.5, 0.6) is 0 Å². The van der Waals surface area contributed by atoms with E-state index in [0.29, 0.717) is 6.42 Å². The fourth-order valence-corrected chi connectivity index (χ4v) is 1.91. The third-order valence-corrected chi connectivity index (χ3v) is 3.18. The lowest BCUT2D eigenvalue weighted by atomic mass is 10.1. The first kappa shape index (κ1) is 21.6. The van der Waals surface area contributed by atoms with Crippen molar-refractivity contribution in [3.05, 3.63) is 36.5 Å². The Balaban J connectivity index is 3.43. The first-order valence-electron chi connectivity index (χ1n) is 8.64. The number of unbranched alkanes of at least 4 members (excludes halogenated alkanes) is 3. The number of rotatable bonds is 14. The van der Waals surface area contributed by atoms with Crippen molar-refractivity contribution in [2.45, 2.75) is 71.0 Å². The Labute approximate surface area is 140 Å². The Hall–Kier alpha value is -1.39. The van der Waals surface area contributed by atoms with E-state index in [1.807, 2.05) is 0 Å². The third kappa shape index (κ3) is 16.8. The summed E-state index contributed by atoms with van der Waals surface area (Å²) in [6.07, 6.45) is 19.1. The van der Waals surface area contributed by atoms with Crippen molar-refractivity contribution in [2.24, 2.45) is 0 Å². The molecule has 132 valence electrons. The zero-order valence-electron chi connectivity index (χ0n) is 14.3. The van der Waals surface area contributed by atoms with Crippen LogP contribution in [0, 0.1) is 0 Å². The second kappa shape index (κ2) is 17.0. The number of carbonyl (C=O) groups is 1. The van der Waals surface area contributed by atoms with E-state index in [-0.39, 0.29) is 13.0 Å². The molecule has 0 fully saturated rings. The van der Waals surface area contributed by atoms with Crippen LogP contribution in [0.15, 0.2) is 36.5 Å². The lowest BCUT2D eigenvalue weighted by Gasteiger charge is -2.10. The maximum absolute atomic E-state index is 11.3. The number of allylic oxidation sites excluding steroid dienone is 6. The van der Waals surface area contributed by atoms with Gasteiger partial charge in [0.2, 0.25) is 6.29 Å². The topological polar surface area (TPSA) is 66.8 Å². The van der Waals surface area contributed by atoms with E-state index < -0.39 is 12.3 Å². The monoisotopic (exact) mass is 324 g/mol. The summed E-state index contributed by atoms with van der Waals surface area (Å²) in [6, 6.07) is 0. The molecule has 0 aliphatic heterocycles. The molecule has 0 aromatic carbocycles. The predicted octanol–water partition coefficient (Wildman–Crippen LogP) is 4.04. The van der Waals surface area contributed by atoms with Gasteiger partial charge in [-0.15, -0.1) is 0 Å². The molecular weight excluding hydrogens is 292 g/mol. The molecule has 0 saturated heterocycles. The van der Waals surface area contributed by atoms with Crippen LogP contribution in [0.2, 0.25) is 0 Å². The molecule has 1 atom stereocenters. The Kier molecular flexibility index (Phi) is 15.9. The zero-order valence-corrected chi connectivity index (χ0v) is 14.3. The van der Waals surface area contributed by atoms with Crippen LogP contribution in [-0.2, 0) is 9.53 Å². The Morgan fingerprint density at radius 1 is 1.00 bits per heavy atom. The van der Waals surface area contributed by atoms with Crippen LogP contribution in [0.25, 0.3) is 0 Å². The van der Waals surface area contributed by atoms with Crippen LogP contribution in [-0.4, -0.2) is 29.1 Å². The van der Waals surface area contributed by atoms with Crippen molar-refractivity contribution < 1.29 is 19.7 Å². The molecular formula is C19H32O4. The molecule has 0 aromatic heterocycles. The van der Waals surface area contributed by atoms with Crippen molar-refractivity contribution in [3.63, 3.8) is 0 Å². The highest BCUT2D eigenvalue weighted by atomic mass is 16.6. The second-order valence-corrected chi connectivity index (χ2v) is 5.35. The first-order valence-corrected chi connectivity index (χ1v) is 8.64. The molecule has 0 heterocycles. The molecule has 1 unspecified atom stereocenters. The van der Waals surface area contributed by atoms with Gasteiger partial charge in [-0.2, -0.15) is 0 Å². The van der Waals surface area contributed by atoms with Crippen molar-refractivity contribution in [2.75, 3.05) is 6.61 Å². The van der Waals surface area contributed by atoms with Gasteiger partial charge in [0.15, 0.2) is 0 Å². The Morgan fingerprint density at radius 3 is 2.30 bits per heavy atom. The van der Waals surface area contributed by atoms with Gasteiger partial charge in [0, 0.05) is 19.4 Å². The quantitative estimate of drug-likeness (QED) is 0.219. The van der Waals surface area contributed by atoms with E-state index >= 15 is 0 Å². The van der Waals surface area contributed by atoms with Crippen LogP contribution < -0.4 is 0 Å². The van der Waals surface area contributed by atoms with Crippen LogP contribution in [0.4, 0.5) is 0 Å². The summed E-state index contributed by atoms with van der Waals surface area (Å²) < 4.78 is 4.73. The highest BCUT2D eigenvalue weighted by molar-refractivity contribution is 5.69. The number of esters is 1. The van der Waals surface area contributed by atoms with E-state index in [9.17, 15) is 9.90 Å². The van der Waals surface area contributed by atoms with E-state index in [4.69, 9.17) is 9.84 Å². The molecule has 0 bridgehead atoms. The summed E-state index contributed by atoms with van der Waals surface area (Å²) in [5.74, 6) is -0.399. The fourth-order valence-electron chi connectivity index (χ4n) is 1.91. The predicted molar refractivity (Wildman–Crippen MR) is 93.8 cm³/mol. The molecule has 4 nitrogen and oxygen atoms in total. The van der Waals surface area contributed by atoms with Crippen LogP contribution >= 0.6 is 0 Å². The molecule has 0 amide bonds. The molecule has 0 radical (unpaired) electrons. The molecule has 0 saturated carbocycles. The smallest absolute Gasteiger partial charge is 0.308 e. The van der Waals surface area contributed by atoms with Crippen molar-refractivity contribution in [1.29, 1.82) is 0 Å². The highest BCUT2D eigenvalue weighted by Crippen LogP contribution is 2.06. The average Bonchev–Trinajstić information content (AvgIpc) is 2.52. The van der Waals surface area contributed by atoms with Gasteiger partial charge >= 0.3 is 5.97 Å². The Bertz CT molecular complexity index is 358. The van der Waals surface area contributed by atoms with Gasteiger partial charge in [0.25, 0.3) is 0 Å². The highest BCUT2D eigenvalue weighted by Gasteiger charge is 2.09. The molecule has 4 heteroatoms. The van der Waals surface area contributed by atoms with Gasteiger partial charge in [-0.3, -0.25) is 4.79 Å². The van der Waals surface area contributed by atoms with Crippen molar-refractivity contribution in [1.82, 2.24) is 0 Å². The summed E-state index contributed by atoms with van der Waals surface area (Å²) in [5, 5.41) is 17.8. The van der Waals surface area contributed by atoms with E-state index in [2.05, 4.69) is 43.4 Å².